The number of fused-ring (bicyclic) bond motifs is 2. The lowest BCUT2D eigenvalue weighted by atomic mass is 10.1. The van der Waals surface area contributed by atoms with Crippen LogP contribution in [0.15, 0.2) is 41.4 Å². The number of hydrogen-bond donors (Lipinski definition) is 1. The van der Waals surface area contributed by atoms with Gasteiger partial charge in [-0.1, -0.05) is 36.4 Å². The van der Waals surface area contributed by atoms with Crippen molar-refractivity contribution >= 4 is 39.2 Å². The van der Waals surface area contributed by atoms with E-state index in [0.29, 0.717) is 21.6 Å². The Morgan fingerprint density at radius 1 is 1.13 bits per heavy atom. The lowest BCUT2D eigenvalue weighted by Gasteiger charge is -2.24. The number of hydrogen-bond acceptors (Lipinski definition) is 7. The van der Waals surface area contributed by atoms with Crippen molar-refractivity contribution in [1.82, 2.24) is 19.5 Å². The fraction of sp³-hybridized carbons (Fsp3) is 0.381. The summed E-state index contributed by atoms with van der Waals surface area (Å²) in [6.45, 7) is 3.54. The summed E-state index contributed by atoms with van der Waals surface area (Å²) in [4.78, 5) is 13.5. The zero-order valence-electron chi connectivity index (χ0n) is 16.5. The fourth-order valence-corrected chi connectivity index (χ4v) is 4.55. The minimum absolute atomic E-state index is 0.165. The van der Waals surface area contributed by atoms with Gasteiger partial charge in [0.25, 0.3) is 0 Å². The molecule has 4 atom stereocenters. The Morgan fingerprint density at radius 2 is 1.90 bits per heavy atom. The number of imidazole rings is 1. The lowest BCUT2D eigenvalue weighted by molar-refractivity contribution is -0.200. The van der Waals surface area contributed by atoms with Crippen LogP contribution in [-0.4, -0.2) is 55.3 Å². The van der Waals surface area contributed by atoms with Crippen molar-refractivity contribution in [1.29, 1.82) is 0 Å². The minimum atomic E-state index is -0.758. The Morgan fingerprint density at radius 3 is 2.67 bits per heavy atom. The molecule has 2 fully saturated rings. The molecule has 0 radical (unpaired) electrons. The van der Waals surface area contributed by atoms with Gasteiger partial charge in [0.1, 0.15) is 30.2 Å². The molecule has 2 aromatic heterocycles. The van der Waals surface area contributed by atoms with Crippen LogP contribution in [0.5, 0.6) is 0 Å². The van der Waals surface area contributed by atoms with Gasteiger partial charge < -0.3 is 19.3 Å². The Labute approximate surface area is 181 Å². The number of rotatable bonds is 4. The molecule has 1 N–H and O–H groups in total. The second kappa shape index (κ2) is 7.51. The van der Waals surface area contributed by atoms with Crippen molar-refractivity contribution in [2.24, 2.45) is 0 Å². The van der Waals surface area contributed by atoms with Crippen molar-refractivity contribution in [3.63, 3.8) is 0 Å². The number of halogens is 1. The molecule has 1 aromatic carbocycles. The molecule has 0 saturated carbocycles. The summed E-state index contributed by atoms with van der Waals surface area (Å²) in [7, 11) is 0. The van der Waals surface area contributed by atoms with Gasteiger partial charge in [0, 0.05) is 0 Å². The number of ether oxygens (including phenoxy) is 3. The summed E-state index contributed by atoms with van der Waals surface area (Å²) in [5.74, 6) is -0.758. The van der Waals surface area contributed by atoms with Gasteiger partial charge in [-0.05, 0) is 41.4 Å². The first-order valence-corrected chi connectivity index (χ1v) is 10.5. The van der Waals surface area contributed by atoms with E-state index < -0.39 is 24.2 Å². The van der Waals surface area contributed by atoms with Crippen molar-refractivity contribution in [3.05, 3.63) is 52.7 Å². The van der Waals surface area contributed by atoms with Gasteiger partial charge in [0.15, 0.2) is 22.4 Å². The van der Waals surface area contributed by atoms with Gasteiger partial charge in [-0.15, -0.1) is 0 Å². The summed E-state index contributed by atoms with van der Waals surface area (Å²) in [5.41, 5.74) is 3.01. The van der Waals surface area contributed by atoms with Gasteiger partial charge in [-0.3, -0.25) is 4.57 Å². The van der Waals surface area contributed by atoms with E-state index in [-0.39, 0.29) is 12.7 Å². The van der Waals surface area contributed by atoms with E-state index in [0.717, 1.165) is 5.56 Å². The van der Waals surface area contributed by atoms with Crippen LogP contribution in [0.25, 0.3) is 23.3 Å². The summed E-state index contributed by atoms with van der Waals surface area (Å²) in [6.07, 6.45) is 3.58. The fourth-order valence-electron chi connectivity index (χ4n) is 4.00. The first-order valence-electron chi connectivity index (χ1n) is 9.70. The quantitative estimate of drug-likeness (QED) is 0.582. The van der Waals surface area contributed by atoms with Crippen molar-refractivity contribution in [3.8, 4) is 0 Å². The molecule has 8 nitrogen and oxygen atoms in total. The number of benzene rings is 1. The third-order valence-electron chi connectivity index (χ3n) is 5.26. The third-order valence-corrected chi connectivity index (χ3v) is 5.81. The van der Waals surface area contributed by atoms with E-state index >= 15 is 0 Å². The van der Waals surface area contributed by atoms with Gasteiger partial charge in [0.05, 0.1) is 12.3 Å². The van der Waals surface area contributed by atoms with Crippen LogP contribution in [0.4, 0.5) is 0 Å². The number of aliphatic hydroxyl groups is 1. The predicted molar refractivity (Wildman–Crippen MR) is 113 cm³/mol. The normalized spacial score (nSPS) is 27.9. The van der Waals surface area contributed by atoms with Crippen LogP contribution in [0.3, 0.4) is 0 Å². The standard InChI is InChI=1S/C21H21BrN4O4/c1-21(2)29-16-14(10-27)28-19(17(16)30-21)26-18-15(25-20(26)22)13(23-11-24-18)9-8-12-6-4-3-5-7-12/h3-9,11,14,16-17,19,27H,10H2,1-2H3/b9-8+/t14-,16-,17-,19-/m1/s1. The van der Waals surface area contributed by atoms with Crippen molar-refractivity contribution in [2.45, 2.75) is 44.2 Å². The monoisotopic (exact) mass is 472 g/mol. The highest BCUT2D eigenvalue weighted by Crippen LogP contribution is 2.44. The average Bonchev–Trinajstić information content (AvgIpc) is 3.34. The van der Waals surface area contributed by atoms with Gasteiger partial charge >= 0.3 is 0 Å². The molecule has 0 bridgehead atoms. The molecule has 9 heteroatoms. The predicted octanol–water partition coefficient (Wildman–Crippen LogP) is 3.17. The van der Waals surface area contributed by atoms with Gasteiger partial charge in [-0.2, -0.15) is 0 Å². The molecule has 0 unspecified atom stereocenters. The molecule has 156 valence electrons. The van der Waals surface area contributed by atoms with Gasteiger partial charge in [0.2, 0.25) is 0 Å². The molecule has 0 aliphatic carbocycles. The van der Waals surface area contributed by atoms with E-state index in [1.54, 1.807) is 0 Å². The second-order valence-corrected chi connectivity index (χ2v) is 8.45. The summed E-state index contributed by atoms with van der Waals surface area (Å²) in [5, 5.41) is 9.77. The lowest BCUT2D eigenvalue weighted by Crippen LogP contribution is -2.31. The first-order chi connectivity index (χ1) is 14.5. The van der Waals surface area contributed by atoms with Crippen LogP contribution in [-0.2, 0) is 14.2 Å². The summed E-state index contributed by atoms with van der Waals surface area (Å²) >= 11 is 3.54. The highest BCUT2D eigenvalue weighted by atomic mass is 79.9. The van der Waals surface area contributed by atoms with Crippen molar-refractivity contribution in [2.75, 3.05) is 6.61 Å². The molecule has 2 saturated heterocycles. The smallest absolute Gasteiger partial charge is 0.181 e. The van der Waals surface area contributed by atoms with E-state index in [1.165, 1.54) is 6.33 Å². The summed E-state index contributed by atoms with van der Waals surface area (Å²) < 4.78 is 20.5. The molecular weight excluding hydrogens is 452 g/mol. The number of aromatic nitrogens is 4. The Hall–Kier alpha value is -2.17. The molecule has 2 aliphatic rings. The average molecular weight is 473 g/mol. The van der Waals surface area contributed by atoms with E-state index in [9.17, 15) is 5.11 Å². The molecule has 0 amide bonds. The van der Waals surface area contributed by atoms with Crippen LogP contribution in [0.2, 0.25) is 0 Å². The van der Waals surface area contributed by atoms with Crippen LogP contribution >= 0.6 is 15.9 Å². The zero-order valence-corrected chi connectivity index (χ0v) is 18.1. The highest BCUT2D eigenvalue weighted by Gasteiger charge is 2.56. The first kappa shape index (κ1) is 19.8. The van der Waals surface area contributed by atoms with Crippen molar-refractivity contribution < 1.29 is 19.3 Å². The molecule has 2 aliphatic heterocycles. The van der Waals surface area contributed by atoms with Crippen LogP contribution < -0.4 is 0 Å². The topological polar surface area (TPSA) is 91.5 Å². The molecule has 30 heavy (non-hydrogen) atoms. The minimum Gasteiger partial charge on any atom is -0.394 e. The molecule has 5 rings (SSSR count). The van der Waals surface area contributed by atoms with E-state index in [4.69, 9.17) is 14.2 Å². The Balaban J connectivity index is 1.55. The van der Waals surface area contributed by atoms with E-state index in [1.807, 2.05) is 60.9 Å². The maximum atomic E-state index is 9.77. The van der Waals surface area contributed by atoms with E-state index in [2.05, 4.69) is 30.9 Å². The molecule has 4 heterocycles. The maximum absolute atomic E-state index is 9.77. The Bertz CT molecular complexity index is 1100. The third kappa shape index (κ3) is 3.36. The zero-order chi connectivity index (χ0) is 20.9. The summed E-state index contributed by atoms with van der Waals surface area (Å²) in [6, 6.07) is 9.98. The largest absolute Gasteiger partial charge is 0.394 e. The second-order valence-electron chi connectivity index (χ2n) is 7.74. The van der Waals surface area contributed by atoms with Crippen LogP contribution in [0, 0.1) is 0 Å². The highest BCUT2D eigenvalue weighted by molar-refractivity contribution is 9.10. The molecule has 3 aromatic rings. The SMILES string of the molecule is CC1(C)O[C@@H]2[C@H](O1)[C@@H](CO)O[C@H]2n1c(Br)nc2c(/C=C/c3ccccc3)ncnc21. The Kier molecular flexibility index (Phi) is 4.95. The number of aliphatic hydroxyl groups excluding tert-OH is 1. The number of nitrogens with zero attached hydrogens (tertiary/aromatic N) is 4. The molecule has 0 spiro atoms. The van der Waals surface area contributed by atoms with Gasteiger partial charge in [-0.25, -0.2) is 15.0 Å². The molecular formula is C21H21BrN4O4. The van der Waals surface area contributed by atoms with Crippen LogP contribution in [0.1, 0.15) is 31.3 Å². The maximum Gasteiger partial charge on any atom is 0.181 e.